The van der Waals surface area contributed by atoms with Crippen LogP contribution in [0, 0.1) is 12.3 Å². The third-order valence-electron chi connectivity index (χ3n) is 1.27. The molecule has 0 aliphatic rings. The molecule has 14 heavy (non-hydrogen) atoms. The van der Waals surface area contributed by atoms with E-state index in [1.807, 2.05) is 0 Å². The highest BCUT2D eigenvalue weighted by atomic mass is 79.9. The fourth-order valence-electron chi connectivity index (χ4n) is 0.730. The second-order valence-electron chi connectivity index (χ2n) is 2.27. The van der Waals surface area contributed by atoms with Crippen LogP contribution in [0.15, 0.2) is 22.8 Å². The number of rotatable bonds is 3. The van der Waals surface area contributed by atoms with Crippen LogP contribution in [-0.2, 0) is 4.84 Å². The highest BCUT2D eigenvalue weighted by molar-refractivity contribution is 9.10. The lowest BCUT2D eigenvalue weighted by Crippen LogP contribution is -2.24. The Kier molecular flexibility index (Phi) is 4.11. The highest BCUT2D eigenvalue weighted by Crippen LogP contribution is 2.05. The quantitative estimate of drug-likeness (QED) is 0.381. The summed E-state index contributed by atoms with van der Waals surface area (Å²) in [6, 6.07) is 4.99. The van der Waals surface area contributed by atoms with Crippen LogP contribution in [0.2, 0.25) is 0 Å². The van der Waals surface area contributed by atoms with Crippen LogP contribution in [0.3, 0.4) is 0 Å². The molecule has 0 atom stereocenters. The van der Waals surface area contributed by atoms with Crippen molar-refractivity contribution < 1.29 is 9.63 Å². The molecule has 0 aliphatic heterocycles. The molecule has 1 amide bonds. The van der Waals surface area contributed by atoms with Gasteiger partial charge in [-0.05, 0) is 28.1 Å². The average molecular weight is 255 g/mol. The smallest absolute Gasteiger partial charge is 0.265 e. The van der Waals surface area contributed by atoms with E-state index in [2.05, 4.69) is 37.2 Å². The molecule has 0 saturated heterocycles. The Hall–Kier alpha value is -1.38. The topological polar surface area (TPSA) is 51.2 Å². The maximum Gasteiger partial charge on any atom is 0.293 e. The average Bonchev–Trinajstić information content (AvgIpc) is 2.18. The molecule has 0 radical (unpaired) electrons. The number of nitrogens with zero attached hydrogens (tertiary/aromatic N) is 1. The Balaban J connectivity index is 2.57. The van der Waals surface area contributed by atoms with Gasteiger partial charge in [0, 0.05) is 0 Å². The van der Waals surface area contributed by atoms with E-state index in [1.165, 1.54) is 0 Å². The monoisotopic (exact) mass is 254 g/mol. The van der Waals surface area contributed by atoms with Crippen molar-refractivity contribution in [1.82, 2.24) is 10.5 Å². The molecule has 0 fully saturated rings. The standard InChI is InChI=1S/C9H7BrN2O2/c1-2-6-14-12-9(13)7-4-3-5-8(10)11-7/h1,3-5H,6H2,(H,12,13). The van der Waals surface area contributed by atoms with Crippen LogP contribution in [0.1, 0.15) is 10.5 Å². The molecule has 0 unspecified atom stereocenters. The summed E-state index contributed by atoms with van der Waals surface area (Å²) in [6.45, 7) is 0.0275. The van der Waals surface area contributed by atoms with Gasteiger partial charge in [0.1, 0.15) is 16.9 Å². The van der Waals surface area contributed by atoms with Crippen LogP contribution in [0.5, 0.6) is 0 Å². The molecular weight excluding hydrogens is 248 g/mol. The number of halogens is 1. The largest absolute Gasteiger partial charge is 0.293 e. The molecule has 5 heteroatoms. The van der Waals surface area contributed by atoms with Gasteiger partial charge in [0.2, 0.25) is 0 Å². The fourth-order valence-corrected chi connectivity index (χ4v) is 1.07. The van der Waals surface area contributed by atoms with Crippen molar-refractivity contribution in [3.05, 3.63) is 28.5 Å². The van der Waals surface area contributed by atoms with E-state index in [1.54, 1.807) is 18.2 Å². The van der Waals surface area contributed by atoms with Gasteiger partial charge >= 0.3 is 0 Å². The van der Waals surface area contributed by atoms with Crippen molar-refractivity contribution in [3.63, 3.8) is 0 Å². The molecule has 0 bridgehead atoms. The van der Waals surface area contributed by atoms with Crippen molar-refractivity contribution in [1.29, 1.82) is 0 Å². The maximum absolute atomic E-state index is 11.3. The zero-order valence-corrected chi connectivity index (χ0v) is 8.74. The van der Waals surface area contributed by atoms with Crippen molar-refractivity contribution in [2.24, 2.45) is 0 Å². The first-order valence-corrected chi connectivity index (χ1v) is 4.51. The first-order chi connectivity index (χ1) is 6.74. The number of amides is 1. The molecule has 72 valence electrons. The number of carbonyl (C=O) groups excluding carboxylic acids is 1. The predicted molar refractivity (Wildman–Crippen MR) is 54.2 cm³/mol. The van der Waals surface area contributed by atoms with Gasteiger partial charge in [-0.25, -0.2) is 10.5 Å². The van der Waals surface area contributed by atoms with Crippen molar-refractivity contribution >= 4 is 21.8 Å². The number of carbonyl (C=O) groups is 1. The molecule has 1 heterocycles. The van der Waals surface area contributed by atoms with Crippen LogP contribution < -0.4 is 5.48 Å². The summed E-state index contributed by atoms with van der Waals surface area (Å²) < 4.78 is 0.585. The summed E-state index contributed by atoms with van der Waals surface area (Å²) in [5.41, 5.74) is 2.42. The van der Waals surface area contributed by atoms with E-state index in [-0.39, 0.29) is 12.3 Å². The van der Waals surface area contributed by atoms with Gasteiger partial charge in [-0.1, -0.05) is 12.0 Å². The lowest BCUT2D eigenvalue weighted by atomic mass is 10.3. The first kappa shape index (κ1) is 10.7. The number of hydrogen-bond donors (Lipinski definition) is 1. The van der Waals surface area contributed by atoms with Crippen LogP contribution >= 0.6 is 15.9 Å². The Labute approximate surface area is 89.8 Å². The summed E-state index contributed by atoms with van der Waals surface area (Å²) in [5, 5.41) is 0. The van der Waals surface area contributed by atoms with Crippen molar-refractivity contribution in [3.8, 4) is 12.3 Å². The molecule has 0 aromatic carbocycles. The van der Waals surface area contributed by atoms with Crippen molar-refractivity contribution in [2.75, 3.05) is 6.61 Å². The Morgan fingerprint density at radius 2 is 2.50 bits per heavy atom. The van der Waals surface area contributed by atoms with E-state index in [0.29, 0.717) is 4.60 Å². The number of aromatic nitrogens is 1. The minimum absolute atomic E-state index is 0.0275. The fraction of sp³-hybridized carbons (Fsp3) is 0.111. The normalized spacial score (nSPS) is 9.14. The number of terminal acetylenes is 1. The third-order valence-corrected chi connectivity index (χ3v) is 1.71. The molecule has 0 saturated carbocycles. The number of pyridine rings is 1. The van der Waals surface area contributed by atoms with Gasteiger partial charge < -0.3 is 0 Å². The number of nitrogens with one attached hydrogen (secondary N) is 1. The molecular formula is C9H7BrN2O2. The molecule has 1 N–H and O–H groups in total. The summed E-state index contributed by atoms with van der Waals surface area (Å²) in [6.07, 6.45) is 4.93. The number of hydroxylamine groups is 1. The van der Waals surface area contributed by atoms with Crippen LogP contribution in [0.4, 0.5) is 0 Å². The molecule has 1 aromatic heterocycles. The van der Waals surface area contributed by atoms with Gasteiger partial charge in [0.05, 0.1) is 0 Å². The van der Waals surface area contributed by atoms with E-state index in [0.717, 1.165) is 0 Å². The predicted octanol–water partition coefficient (Wildman–Crippen LogP) is 1.14. The molecule has 1 rings (SSSR count). The minimum Gasteiger partial charge on any atom is -0.265 e. The molecule has 4 nitrogen and oxygen atoms in total. The van der Waals surface area contributed by atoms with Gasteiger partial charge in [-0.15, -0.1) is 6.42 Å². The minimum atomic E-state index is -0.429. The first-order valence-electron chi connectivity index (χ1n) is 3.72. The summed E-state index contributed by atoms with van der Waals surface area (Å²) in [5.74, 6) is 1.79. The molecule has 0 aliphatic carbocycles. The van der Waals surface area contributed by atoms with E-state index < -0.39 is 5.91 Å². The van der Waals surface area contributed by atoms with Gasteiger partial charge in [-0.3, -0.25) is 9.63 Å². The van der Waals surface area contributed by atoms with Gasteiger partial charge in [0.25, 0.3) is 5.91 Å². The molecule has 1 aromatic rings. The summed E-state index contributed by atoms with van der Waals surface area (Å²) in [4.78, 5) is 19.9. The second kappa shape index (κ2) is 5.37. The van der Waals surface area contributed by atoms with E-state index in [4.69, 9.17) is 6.42 Å². The highest BCUT2D eigenvalue weighted by Gasteiger charge is 2.06. The number of hydrogen-bond acceptors (Lipinski definition) is 3. The zero-order valence-electron chi connectivity index (χ0n) is 7.16. The molecule has 0 spiro atoms. The van der Waals surface area contributed by atoms with Crippen LogP contribution in [-0.4, -0.2) is 17.5 Å². The van der Waals surface area contributed by atoms with Crippen molar-refractivity contribution in [2.45, 2.75) is 0 Å². The van der Waals surface area contributed by atoms with Gasteiger partial charge in [0.15, 0.2) is 0 Å². The van der Waals surface area contributed by atoms with E-state index >= 15 is 0 Å². The summed E-state index contributed by atoms with van der Waals surface area (Å²) in [7, 11) is 0. The maximum atomic E-state index is 11.3. The zero-order chi connectivity index (χ0) is 10.4. The van der Waals surface area contributed by atoms with E-state index in [9.17, 15) is 4.79 Å². The van der Waals surface area contributed by atoms with Crippen LogP contribution in [0.25, 0.3) is 0 Å². The SMILES string of the molecule is C#CCONC(=O)c1cccc(Br)n1. The lowest BCUT2D eigenvalue weighted by Gasteiger charge is -2.02. The lowest BCUT2D eigenvalue weighted by molar-refractivity contribution is 0.0433. The Bertz CT molecular complexity index is 373. The second-order valence-corrected chi connectivity index (χ2v) is 3.08. The third kappa shape index (κ3) is 3.17. The Morgan fingerprint density at radius 3 is 3.14 bits per heavy atom. The Morgan fingerprint density at radius 1 is 1.71 bits per heavy atom. The summed E-state index contributed by atoms with van der Waals surface area (Å²) >= 11 is 3.15. The van der Waals surface area contributed by atoms with Gasteiger partial charge in [-0.2, -0.15) is 0 Å².